The highest BCUT2D eigenvalue weighted by Gasteiger charge is 2.54. The van der Waals surface area contributed by atoms with Crippen molar-refractivity contribution in [3.63, 3.8) is 0 Å². The molecular formula is C11H15NO3. The van der Waals surface area contributed by atoms with Crippen molar-refractivity contribution in [1.29, 1.82) is 0 Å². The average molecular weight is 209 g/mol. The lowest BCUT2D eigenvalue weighted by Gasteiger charge is -2.13. The average Bonchev–Trinajstić information content (AvgIpc) is 2.87. The van der Waals surface area contributed by atoms with E-state index < -0.39 is 0 Å². The van der Waals surface area contributed by atoms with Crippen LogP contribution in [0, 0.1) is 0 Å². The molecule has 1 saturated heterocycles. The molecule has 2 amide bonds. The number of rotatable bonds is 4. The highest BCUT2D eigenvalue weighted by molar-refractivity contribution is 6.12. The number of amides is 2. The molecule has 82 valence electrons. The Morgan fingerprint density at radius 2 is 1.80 bits per heavy atom. The molecule has 0 spiro atoms. The number of carbonyl (C=O) groups is 2. The van der Waals surface area contributed by atoms with Crippen molar-refractivity contribution in [3.8, 4) is 0 Å². The van der Waals surface area contributed by atoms with Crippen LogP contribution in [0.4, 0.5) is 0 Å². The maximum absolute atomic E-state index is 11.3. The summed E-state index contributed by atoms with van der Waals surface area (Å²) < 4.78 is 5.59. The lowest BCUT2D eigenvalue weighted by atomic mass is 9.99. The molecule has 4 heteroatoms. The van der Waals surface area contributed by atoms with Crippen LogP contribution in [-0.4, -0.2) is 35.0 Å². The molecule has 2 heterocycles. The molecule has 0 N–H and O–H groups in total. The fourth-order valence-corrected chi connectivity index (χ4v) is 2.10. The minimum absolute atomic E-state index is 0.0281. The van der Waals surface area contributed by atoms with Crippen LogP contribution in [0.15, 0.2) is 12.2 Å². The lowest BCUT2D eigenvalue weighted by molar-refractivity contribution is -0.137. The second-order valence-electron chi connectivity index (χ2n) is 4.00. The smallest absolute Gasteiger partial charge is 0.253 e. The van der Waals surface area contributed by atoms with E-state index in [1.807, 2.05) is 0 Å². The zero-order chi connectivity index (χ0) is 11.1. The van der Waals surface area contributed by atoms with E-state index in [0.29, 0.717) is 6.54 Å². The van der Waals surface area contributed by atoms with Crippen LogP contribution in [0.5, 0.6) is 0 Å². The fourth-order valence-electron chi connectivity index (χ4n) is 2.10. The topological polar surface area (TPSA) is 49.9 Å². The summed E-state index contributed by atoms with van der Waals surface area (Å²) in [4.78, 5) is 23.8. The zero-order valence-corrected chi connectivity index (χ0v) is 9.03. The van der Waals surface area contributed by atoms with E-state index in [1.54, 1.807) is 0 Å². The first-order valence-electron chi connectivity index (χ1n) is 5.34. The van der Waals surface area contributed by atoms with Gasteiger partial charge < -0.3 is 4.74 Å². The van der Waals surface area contributed by atoms with Gasteiger partial charge in [0, 0.05) is 12.2 Å². The predicted octanol–water partition coefficient (Wildman–Crippen LogP) is 0.869. The van der Waals surface area contributed by atoms with Gasteiger partial charge in [0.25, 0.3) is 11.8 Å². The zero-order valence-electron chi connectivity index (χ0n) is 9.03. The standard InChI is InChI=1S/C11H15NO3/c1-3-11(4-2)8(15-11)7-12-9(13)5-6-10(12)14/h5-6,8H,3-4,7H2,1-2H3. The van der Waals surface area contributed by atoms with E-state index in [4.69, 9.17) is 4.74 Å². The molecular weight excluding hydrogens is 194 g/mol. The summed E-state index contributed by atoms with van der Waals surface area (Å²) in [7, 11) is 0. The summed E-state index contributed by atoms with van der Waals surface area (Å²) in [5.74, 6) is -0.451. The van der Waals surface area contributed by atoms with Crippen LogP contribution in [0.1, 0.15) is 26.7 Å². The normalized spacial score (nSPS) is 27.6. The maximum atomic E-state index is 11.3. The van der Waals surface area contributed by atoms with Crippen molar-refractivity contribution in [1.82, 2.24) is 4.90 Å². The molecule has 0 bridgehead atoms. The van der Waals surface area contributed by atoms with Crippen LogP contribution in [-0.2, 0) is 14.3 Å². The van der Waals surface area contributed by atoms with Crippen LogP contribution in [0.3, 0.4) is 0 Å². The summed E-state index contributed by atoms with van der Waals surface area (Å²) in [5, 5.41) is 0. The Kier molecular flexibility index (Phi) is 2.38. The first-order chi connectivity index (χ1) is 7.13. The van der Waals surface area contributed by atoms with Crippen molar-refractivity contribution in [2.24, 2.45) is 0 Å². The van der Waals surface area contributed by atoms with E-state index in [-0.39, 0.29) is 23.5 Å². The van der Waals surface area contributed by atoms with Gasteiger partial charge in [0.15, 0.2) is 0 Å². The Balaban J connectivity index is 1.95. The molecule has 0 aromatic rings. The SMILES string of the molecule is CCC1(CC)OC1CN1C(=O)C=CC1=O. The summed E-state index contributed by atoms with van der Waals surface area (Å²) in [6.07, 6.45) is 4.50. The number of hydrogen-bond acceptors (Lipinski definition) is 3. The van der Waals surface area contributed by atoms with E-state index in [0.717, 1.165) is 12.8 Å². The minimum Gasteiger partial charge on any atom is -0.364 e. The number of carbonyl (C=O) groups excluding carboxylic acids is 2. The van der Waals surface area contributed by atoms with Crippen molar-refractivity contribution in [2.45, 2.75) is 38.4 Å². The van der Waals surface area contributed by atoms with Gasteiger partial charge in [0.2, 0.25) is 0 Å². The van der Waals surface area contributed by atoms with Gasteiger partial charge in [-0.3, -0.25) is 14.5 Å². The minimum atomic E-state index is -0.225. The predicted molar refractivity (Wildman–Crippen MR) is 54.0 cm³/mol. The quantitative estimate of drug-likeness (QED) is 0.510. The highest BCUT2D eigenvalue weighted by atomic mass is 16.6. The Bertz CT molecular complexity index is 313. The molecule has 2 aliphatic heterocycles. The largest absolute Gasteiger partial charge is 0.364 e. The second kappa shape index (κ2) is 3.45. The van der Waals surface area contributed by atoms with Crippen LogP contribution < -0.4 is 0 Å². The molecule has 15 heavy (non-hydrogen) atoms. The molecule has 0 saturated carbocycles. The number of hydrogen-bond donors (Lipinski definition) is 0. The van der Waals surface area contributed by atoms with Gasteiger partial charge in [-0.2, -0.15) is 0 Å². The summed E-state index contributed by atoms with van der Waals surface area (Å²) in [6.45, 7) is 4.52. The Morgan fingerprint density at radius 3 is 2.20 bits per heavy atom. The molecule has 0 aliphatic carbocycles. The third-order valence-corrected chi connectivity index (χ3v) is 3.35. The van der Waals surface area contributed by atoms with Gasteiger partial charge >= 0.3 is 0 Å². The Morgan fingerprint density at radius 1 is 1.27 bits per heavy atom. The monoisotopic (exact) mass is 209 g/mol. The maximum Gasteiger partial charge on any atom is 0.253 e. The molecule has 1 unspecified atom stereocenters. The van der Waals surface area contributed by atoms with E-state index >= 15 is 0 Å². The molecule has 1 atom stereocenters. The summed E-state index contributed by atoms with van der Waals surface area (Å²) in [6, 6.07) is 0. The van der Waals surface area contributed by atoms with Gasteiger partial charge in [-0.1, -0.05) is 13.8 Å². The Labute approximate surface area is 88.9 Å². The van der Waals surface area contributed by atoms with Crippen molar-refractivity contribution < 1.29 is 14.3 Å². The second-order valence-corrected chi connectivity index (χ2v) is 4.00. The Hall–Kier alpha value is -1.16. The number of nitrogens with zero attached hydrogens (tertiary/aromatic N) is 1. The number of epoxide rings is 1. The molecule has 1 fully saturated rings. The molecule has 2 aliphatic rings. The molecule has 0 aromatic heterocycles. The summed E-state index contributed by atoms with van der Waals surface area (Å²) >= 11 is 0. The summed E-state index contributed by atoms with van der Waals surface area (Å²) in [5.41, 5.74) is -0.0941. The third kappa shape index (κ3) is 1.59. The number of ether oxygens (including phenoxy) is 1. The van der Waals surface area contributed by atoms with Gasteiger partial charge in [-0.15, -0.1) is 0 Å². The van der Waals surface area contributed by atoms with Crippen molar-refractivity contribution in [3.05, 3.63) is 12.2 Å². The molecule has 0 aromatic carbocycles. The number of imide groups is 1. The molecule has 0 radical (unpaired) electrons. The first-order valence-corrected chi connectivity index (χ1v) is 5.34. The molecule has 2 rings (SSSR count). The van der Waals surface area contributed by atoms with Gasteiger partial charge in [0.05, 0.1) is 12.1 Å². The lowest BCUT2D eigenvalue weighted by Crippen LogP contribution is -2.35. The van der Waals surface area contributed by atoms with Crippen molar-refractivity contribution in [2.75, 3.05) is 6.54 Å². The highest BCUT2D eigenvalue weighted by Crippen LogP contribution is 2.43. The van der Waals surface area contributed by atoms with Gasteiger partial charge in [-0.05, 0) is 12.8 Å². The van der Waals surface area contributed by atoms with E-state index in [2.05, 4.69) is 13.8 Å². The van der Waals surface area contributed by atoms with Gasteiger partial charge in [-0.25, -0.2) is 0 Å². The molecule has 4 nitrogen and oxygen atoms in total. The van der Waals surface area contributed by atoms with Crippen LogP contribution in [0.25, 0.3) is 0 Å². The van der Waals surface area contributed by atoms with Crippen molar-refractivity contribution >= 4 is 11.8 Å². The fraction of sp³-hybridized carbons (Fsp3) is 0.636. The van der Waals surface area contributed by atoms with Gasteiger partial charge in [0.1, 0.15) is 6.10 Å². The third-order valence-electron chi connectivity index (χ3n) is 3.35. The first kappa shape index (κ1) is 10.4. The van der Waals surface area contributed by atoms with E-state index in [9.17, 15) is 9.59 Å². The van der Waals surface area contributed by atoms with E-state index in [1.165, 1.54) is 17.1 Å². The van der Waals surface area contributed by atoms with Crippen LogP contribution in [0.2, 0.25) is 0 Å². The van der Waals surface area contributed by atoms with Crippen LogP contribution >= 0.6 is 0 Å².